The summed E-state index contributed by atoms with van der Waals surface area (Å²) in [5, 5.41) is 6.31. The molecule has 3 N–H and O–H groups in total. The average Bonchev–Trinajstić information content (AvgIpc) is 2.61. The molecule has 6 nitrogen and oxygen atoms in total. The van der Waals surface area contributed by atoms with E-state index < -0.39 is 10.0 Å². The van der Waals surface area contributed by atoms with Crippen LogP contribution in [0.1, 0.15) is 16.7 Å². The summed E-state index contributed by atoms with van der Waals surface area (Å²) in [5.41, 5.74) is 3.39. The normalized spacial score (nSPS) is 11.6. The molecule has 2 rings (SSSR count). The quantitative estimate of drug-likeness (QED) is 0.235. The standard InChI is InChI=1S/C19H26N4O2S.HI/c1-15-7-9-18(10-8-15)26(24,25)23-12-11-21-19(20-3)22-14-17-6-4-5-16(2)13-17;/h4-10,13,23H,11-12,14H2,1-3H3,(H2,20,21,22);1H. The van der Waals surface area contributed by atoms with Crippen molar-refractivity contribution in [3.63, 3.8) is 0 Å². The SMILES string of the molecule is CN=C(NCCNS(=O)(=O)c1ccc(C)cc1)NCc1cccc(C)c1.I. The topological polar surface area (TPSA) is 82.6 Å². The number of hydrogen-bond donors (Lipinski definition) is 3. The maximum absolute atomic E-state index is 12.2. The van der Waals surface area contributed by atoms with Gasteiger partial charge < -0.3 is 10.6 Å². The number of nitrogens with zero attached hydrogens (tertiary/aromatic N) is 1. The first-order chi connectivity index (χ1) is 12.4. The van der Waals surface area contributed by atoms with Crippen molar-refractivity contribution in [3.8, 4) is 0 Å². The second kappa shape index (κ2) is 11.3. The van der Waals surface area contributed by atoms with Gasteiger partial charge in [0.25, 0.3) is 0 Å². The molecule has 0 unspecified atom stereocenters. The van der Waals surface area contributed by atoms with E-state index in [9.17, 15) is 8.42 Å². The van der Waals surface area contributed by atoms with E-state index in [4.69, 9.17) is 0 Å². The van der Waals surface area contributed by atoms with Gasteiger partial charge in [0.1, 0.15) is 0 Å². The summed E-state index contributed by atoms with van der Waals surface area (Å²) in [4.78, 5) is 4.41. The lowest BCUT2D eigenvalue weighted by molar-refractivity contribution is 0.580. The molecule has 0 aliphatic rings. The van der Waals surface area contributed by atoms with Crippen LogP contribution in [0.2, 0.25) is 0 Å². The predicted octanol–water partition coefficient (Wildman–Crippen LogP) is 2.56. The van der Waals surface area contributed by atoms with Crippen molar-refractivity contribution < 1.29 is 8.42 Å². The molecule has 0 saturated carbocycles. The highest BCUT2D eigenvalue weighted by molar-refractivity contribution is 14.0. The van der Waals surface area contributed by atoms with Crippen molar-refractivity contribution in [3.05, 3.63) is 65.2 Å². The van der Waals surface area contributed by atoms with Gasteiger partial charge >= 0.3 is 0 Å². The molecule has 148 valence electrons. The summed E-state index contributed by atoms with van der Waals surface area (Å²) in [5.74, 6) is 0.626. The Morgan fingerprint density at radius 2 is 1.67 bits per heavy atom. The molecule has 0 radical (unpaired) electrons. The van der Waals surface area contributed by atoms with E-state index in [2.05, 4.69) is 39.4 Å². The minimum atomic E-state index is -3.49. The lowest BCUT2D eigenvalue weighted by atomic mass is 10.1. The first-order valence-corrected chi connectivity index (χ1v) is 9.95. The molecule has 0 heterocycles. The smallest absolute Gasteiger partial charge is 0.240 e. The number of guanidine groups is 1. The maximum atomic E-state index is 12.2. The molecule has 0 atom stereocenters. The van der Waals surface area contributed by atoms with Gasteiger partial charge in [0, 0.05) is 26.7 Å². The number of benzene rings is 2. The first-order valence-electron chi connectivity index (χ1n) is 8.47. The van der Waals surface area contributed by atoms with Crippen molar-refractivity contribution in [1.29, 1.82) is 0 Å². The van der Waals surface area contributed by atoms with Gasteiger partial charge in [-0.25, -0.2) is 13.1 Å². The molecule has 8 heteroatoms. The lowest BCUT2D eigenvalue weighted by Crippen LogP contribution is -2.41. The fourth-order valence-electron chi connectivity index (χ4n) is 2.40. The van der Waals surface area contributed by atoms with Crippen molar-refractivity contribution >= 4 is 40.0 Å². The molecule has 27 heavy (non-hydrogen) atoms. The Labute approximate surface area is 178 Å². The molecule has 0 spiro atoms. The van der Waals surface area contributed by atoms with Crippen LogP contribution in [-0.4, -0.2) is 34.5 Å². The predicted molar refractivity (Wildman–Crippen MR) is 121 cm³/mol. The summed E-state index contributed by atoms with van der Waals surface area (Å²) < 4.78 is 27.0. The minimum absolute atomic E-state index is 0. The number of hydrogen-bond acceptors (Lipinski definition) is 3. The van der Waals surface area contributed by atoms with Crippen LogP contribution in [0.25, 0.3) is 0 Å². The molecule has 2 aromatic carbocycles. The highest BCUT2D eigenvalue weighted by Crippen LogP contribution is 2.09. The van der Waals surface area contributed by atoms with Gasteiger partial charge in [-0.05, 0) is 31.5 Å². The molecule has 0 amide bonds. The van der Waals surface area contributed by atoms with Crippen LogP contribution in [0.15, 0.2) is 58.4 Å². The Morgan fingerprint density at radius 3 is 2.30 bits per heavy atom. The van der Waals surface area contributed by atoms with Crippen molar-refractivity contribution in [2.45, 2.75) is 25.3 Å². The second-order valence-electron chi connectivity index (χ2n) is 6.05. The van der Waals surface area contributed by atoms with Gasteiger partial charge in [0.15, 0.2) is 5.96 Å². The zero-order chi connectivity index (χ0) is 19.0. The van der Waals surface area contributed by atoms with Crippen LogP contribution in [0.5, 0.6) is 0 Å². The third kappa shape index (κ3) is 7.86. The summed E-state index contributed by atoms with van der Waals surface area (Å²) in [6.07, 6.45) is 0. The Bertz CT molecular complexity index is 852. The number of aryl methyl sites for hydroxylation is 2. The van der Waals surface area contributed by atoms with Gasteiger partial charge in [-0.2, -0.15) is 0 Å². The van der Waals surface area contributed by atoms with E-state index in [1.807, 2.05) is 19.1 Å². The van der Waals surface area contributed by atoms with Crippen molar-refractivity contribution in [2.24, 2.45) is 4.99 Å². The second-order valence-corrected chi connectivity index (χ2v) is 7.82. The molecule has 0 aromatic heterocycles. The van der Waals surface area contributed by atoms with Gasteiger partial charge in [-0.1, -0.05) is 47.5 Å². The Morgan fingerprint density at radius 1 is 0.963 bits per heavy atom. The Balaban J connectivity index is 0.00000364. The average molecular weight is 502 g/mol. The maximum Gasteiger partial charge on any atom is 0.240 e. The number of halogens is 1. The highest BCUT2D eigenvalue weighted by Gasteiger charge is 2.12. The molecular weight excluding hydrogens is 475 g/mol. The number of nitrogens with one attached hydrogen (secondary N) is 3. The zero-order valence-electron chi connectivity index (χ0n) is 15.8. The van der Waals surface area contributed by atoms with Crippen LogP contribution >= 0.6 is 24.0 Å². The van der Waals surface area contributed by atoms with E-state index in [0.29, 0.717) is 19.0 Å². The van der Waals surface area contributed by atoms with Gasteiger partial charge in [0.2, 0.25) is 10.0 Å². The summed E-state index contributed by atoms with van der Waals surface area (Å²) in [6, 6.07) is 15.0. The van der Waals surface area contributed by atoms with E-state index in [1.54, 1.807) is 31.3 Å². The van der Waals surface area contributed by atoms with Gasteiger partial charge in [-0.15, -0.1) is 24.0 Å². The zero-order valence-corrected chi connectivity index (χ0v) is 19.0. The van der Waals surface area contributed by atoms with Crippen LogP contribution in [0.4, 0.5) is 0 Å². The van der Waals surface area contributed by atoms with Crippen molar-refractivity contribution in [1.82, 2.24) is 15.4 Å². The molecule has 0 bridgehead atoms. The number of rotatable bonds is 7. The lowest BCUT2D eigenvalue weighted by Gasteiger charge is -2.13. The monoisotopic (exact) mass is 502 g/mol. The molecule has 0 aliphatic carbocycles. The fourth-order valence-corrected chi connectivity index (χ4v) is 3.43. The van der Waals surface area contributed by atoms with Gasteiger partial charge in [-0.3, -0.25) is 4.99 Å². The van der Waals surface area contributed by atoms with Crippen LogP contribution < -0.4 is 15.4 Å². The van der Waals surface area contributed by atoms with Crippen LogP contribution in [0.3, 0.4) is 0 Å². The third-order valence-corrected chi connectivity index (χ3v) is 5.28. The van der Waals surface area contributed by atoms with E-state index in [1.165, 1.54) is 5.56 Å². The van der Waals surface area contributed by atoms with Crippen molar-refractivity contribution in [2.75, 3.05) is 20.1 Å². The van der Waals surface area contributed by atoms with E-state index in [-0.39, 0.29) is 35.4 Å². The first kappa shape index (κ1) is 23.4. The minimum Gasteiger partial charge on any atom is -0.355 e. The summed E-state index contributed by atoms with van der Waals surface area (Å²) in [7, 11) is -1.81. The largest absolute Gasteiger partial charge is 0.355 e. The Hall–Kier alpha value is -1.65. The molecular formula is C19H27IN4O2S. The fraction of sp³-hybridized carbons (Fsp3) is 0.316. The van der Waals surface area contributed by atoms with E-state index >= 15 is 0 Å². The van der Waals surface area contributed by atoms with Crippen LogP contribution in [-0.2, 0) is 16.6 Å². The van der Waals surface area contributed by atoms with Gasteiger partial charge in [0.05, 0.1) is 4.90 Å². The van der Waals surface area contributed by atoms with E-state index in [0.717, 1.165) is 11.1 Å². The molecule has 0 aliphatic heterocycles. The Kier molecular flexibility index (Phi) is 9.75. The highest BCUT2D eigenvalue weighted by atomic mass is 127. The third-order valence-electron chi connectivity index (χ3n) is 3.81. The summed E-state index contributed by atoms with van der Waals surface area (Å²) >= 11 is 0. The molecule has 2 aromatic rings. The number of aliphatic imine (C=N–C) groups is 1. The summed E-state index contributed by atoms with van der Waals surface area (Å²) in [6.45, 7) is 5.32. The number of sulfonamides is 1. The van der Waals surface area contributed by atoms with Crippen LogP contribution in [0, 0.1) is 13.8 Å². The molecule has 0 fully saturated rings. The molecule has 0 saturated heterocycles.